The average molecular weight is 625 g/mol. The molecule has 36 heavy (non-hydrogen) atoms. The van der Waals surface area contributed by atoms with Gasteiger partial charge < -0.3 is 28.2 Å². The standard InChI is InChI=1S/C23H56O6Si7/c1-23(2)27-21-19(24)20(26-22(21)28-23)18-17-25-35(30(3,4)5,31(6,7)8)34(15,16)36(29-18,32(9,10)11)33(12,13)14/h18-22,24H,17H2,1-16H3/t18-,19+,20-,21-,22-/m1/s1. The van der Waals surface area contributed by atoms with Crippen LogP contribution in [0.5, 0.6) is 0 Å². The Balaban J connectivity index is 2.25. The highest BCUT2D eigenvalue weighted by Crippen LogP contribution is 2.51. The minimum absolute atomic E-state index is 0.264. The molecule has 3 aliphatic rings. The Kier molecular flexibility index (Phi) is 8.08. The van der Waals surface area contributed by atoms with Gasteiger partial charge in [-0.3, -0.25) is 0 Å². The molecule has 0 spiro atoms. The third-order valence-electron chi connectivity index (χ3n) is 9.20. The van der Waals surface area contributed by atoms with Crippen molar-refractivity contribution < 1.29 is 28.2 Å². The van der Waals surface area contributed by atoms with Crippen LogP contribution in [0.3, 0.4) is 0 Å². The summed E-state index contributed by atoms with van der Waals surface area (Å²) in [6, 6.07) is 0. The van der Waals surface area contributed by atoms with Crippen LogP contribution < -0.4 is 0 Å². The predicted octanol–water partition coefficient (Wildman–Crippen LogP) is 5.06. The van der Waals surface area contributed by atoms with Crippen LogP contribution in [-0.2, 0) is 23.1 Å². The molecule has 3 saturated heterocycles. The van der Waals surface area contributed by atoms with Crippen LogP contribution in [0.2, 0.25) is 91.7 Å². The highest BCUT2D eigenvalue weighted by Gasteiger charge is 2.80. The molecule has 0 aromatic rings. The van der Waals surface area contributed by atoms with Gasteiger partial charge in [-0.1, -0.05) is 91.7 Å². The third-order valence-corrected chi connectivity index (χ3v) is 153. The summed E-state index contributed by atoms with van der Waals surface area (Å²) in [4.78, 5) is 0. The maximum atomic E-state index is 11.5. The number of rotatable bonds is 5. The van der Waals surface area contributed by atoms with Gasteiger partial charge in [0, 0.05) is 0 Å². The van der Waals surface area contributed by atoms with Crippen LogP contribution >= 0.6 is 0 Å². The molecule has 3 heterocycles. The molecule has 0 aromatic heterocycles. The second-order valence-electron chi connectivity index (χ2n) is 16.5. The minimum Gasteiger partial charge on any atom is -0.423 e. The molecule has 5 atom stereocenters. The van der Waals surface area contributed by atoms with Gasteiger partial charge in [0.2, 0.25) is 0 Å². The number of hydrogen-bond donors (Lipinski definition) is 1. The van der Waals surface area contributed by atoms with Crippen LogP contribution in [0, 0.1) is 0 Å². The average Bonchev–Trinajstić information content (AvgIpc) is 3.00. The van der Waals surface area contributed by atoms with Crippen molar-refractivity contribution in [3.05, 3.63) is 0 Å². The summed E-state index contributed by atoms with van der Waals surface area (Å²) in [7, 11) is -8.99. The largest absolute Gasteiger partial charge is 0.423 e. The molecule has 6 nitrogen and oxygen atoms in total. The lowest BCUT2D eigenvalue weighted by Gasteiger charge is -2.65. The topological polar surface area (TPSA) is 66.4 Å². The zero-order valence-corrected chi connectivity index (χ0v) is 33.1. The van der Waals surface area contributed by atoms with E-state index in [2.05, 4.69) is 91.7 Å². The molecule has 3 fully saturated rings. The van der Waals surface area contributed by atoms with Gasteiger partial charge in [-0.2, -0.15) is 0 Å². The van der Waals surface area contributed by atoms with E-state index in [4.69, 9.17) is 23.1 Å². The Morgan fingerprint density at radius 3 is 1.53 bits per heavy atom. The van der Waals surface area contributed by atoms with Crippen molar-refractivity contribution >= 4 is 51.2 Å². The van der Waals surface area contributed by atoms with Gasteiger partial charge in [0.05, 0.1) is 50.2 Å². The van der Waals surface area contributed by atoms with Gasteiger partial charge in [-0.25, -0.2) is 0 Å². The first kappa shape index (κ1) is 31.8. The van der Waals surface area contributed by atoms with Crippen LogP contribution in [-0.4, -0.2) is 99.4 Å². The fourth-order valence-corrected chi connectivity index (χ4v) is 259. The zero-order valence-electron chi connectivity index (χ0n) is 26.1. The molecule has 0 amide bonds. The number of fused-ring (bicyclic) bond motifs is 1. The van der Waals surface area contributed by atoms with E-state index < -0.39 is 81.6 Å². The molecule has 0 bridgehead atoms. The van der Waals surface area contributed by atoms with E-state index >= 15 is 0 Å². The van der Waals surface area contributed by atoms with Crippen LogP contribution in [0.1, 0.15) is 13.8 Å². The monoisotopic (exact) mass is 624 g/mol. The van der Waals surface area contributed by atoms with E-state index in [0.717, 1.165) is 0 Å². The second-order valence-corrected chi connectivity index (χ2v) is 89.7. The van der Waals surface area contributed by atoms with Crippen molar-refractivity contribution in [2.45, 2.75) is 142 Å². The van der Waals surface area contributed by atoms with Crippen molar-refractivity contribution in [1.82, 2.24) is 0 Å². The van der Waals surface area contributed by atoms with E-state index in [-0.39, 0.29) is 6.10 Å². The zero-order chi connectivity index (χ0) is 28.1. The highest BCUT2D eigenvalue weighted by molar-refractivity contribution is 8.08. The van der Waals surface area contributed by atoms with Gasteiger partial charge in [-0.05, 0) is 13.8 Å². The summed E-state index contributed by atoms with van der Waals surface area (Å²) in [5.74, 6) is -0.746. The molecule has 3 rings (SSSR count). The molecular formula is C23H56O6Si7. The maximum Gasteiger partial charge on any atom is 0.190 e. The molecule has 0 radical (unpaired) electrons. The van der Waals surface area contributed by atoms with E-state index in [9.17, 15) is 5.11 Å². The molecule has 0 unspecified atom stereocenters. The fourth-order valence-electron chi connectivity index (χ4n) is 9.82. The van der Waals surface area contributed by atoms with Crippen LogP contribution in [0.4, 0.5) is 0 Å². The first-order chi connectivity index (χ1) is 15.8. The molecular weight excluding hydrogens is 569 g/mol. The van der Waals surface area contributed by atoms with Crippen molar-refractivity contribution in [2.24, 2.45) is 0 Å². The Bertz CT molecular complexity index is 812. The van der Waals surface area contributed by atoms with Gasteiger partial charge in [0.25, 0.3) is 0 Å². The van der Waals surface area contributed by atoms with E-state index in [1.54, 1.807) is 0 Å². The first-order valence-electron chi connectivity index (χ1n) is 13.8. The van der Waals surface area contributed by atoms with E-state index in [1.165, 1.54) is 0 Å². The summed E-state index contributed by atoms with van der Waals surface area (Å²) in [5.41, 5.74) is 0. The highest BCUT2D eigenvalue weighted by atomic mass is 30.2. The summed E-state index contributed by atoms with van der Waals surface area (Å²) in [6.45, 7) is 36.5. The minimum atomic E-state index is -2.29. The quantitative estimate of drug-likeness (QED) is 0.432. The maximum absolute atomic E-state index is 11.5. The van der Waals surface area contributed by atoms with Gasteiger partial charge in [0.1, 0.15) is 18.3 Å². The second kappa shape index (κ2) is 9.14. The number of hydrogen-bond acceptors (Lipinski definition) is 6. The predicted molar refractivity (Wildman–Crippen MR) is 168 cm³/mol. The van der Waals surface area contributed by atoms with Crippen molar-refractivity contribution in [3.8, 4) is 0 Å². The molecule has 0 aliphatic carbocycles. The summed E-state index contributed by atoms with van der Waals surface area (Å²) >= 11 is 0. The lowest BCUT2D eigenvalue weighted by Crippen LogP contribution is -2.98. The van der Waals surface area contributed by atoms with Crippen LogP contribution in [0.25, 0.3) is 0 Å². The Morgan fingerprint density at radius 1 is 0.694 bits per heavy atom. The third kappa shape index (κ3) is 4.47. The van der Waals surface area contributed by atoms with Crippen LogP contribution in [0.15, 0.2) is 0 Å². The van der Waals surface area contributed by atoms with Gasteiger partial charge >= 0.3 is 0 Å². The molecule has 1 N–H and O–H groups in total. The number of ether oxygens (including phenoxy) is 3. The molecule has 13 heteroatoms. The summed E-state index contributed by atoms with van der Waals surface area (Å²) in [5, 5.41) is 11.5. The van der Waals surface area contributed by atoms with Gasteiger partial charge in [-0.15, -0.1) is 0 Å². The Labute approximate surface area is 227 Å². The van der Waals surface area contributed by atoms with E-state index in [1.807, 2.05) is 13.8 Å². The number of aliphatic hydroxyl groups excluding tert-OH is 1. The molecule has 0 saturated carbocycles. The number of aliphatic hydroxyl groups is 1. The molecule has 212 valence electrons. The molecule has 3 aliphatic heterocycles. The fraction of sp³-hybridized carbons (Fsp3) is 1.00. The van der Waals surface area contributed by atoms with Crippen molar-refractivity contribution in [3.63, 3.8) is 0 Å². The van der Waals surface area contributed by atoms with Crippen molar-refractivity contribution in [2.75, 3.05) is 6.61 Å². The van der Waals surface area contributed by atoms with Crippen molar-refractivity contribution in [1.29, 1.82) is 0 Å². The smallest absolute Gasteiger partial charge is 0.190 e. The first-order valence-corrected chi connectivity index (χ1v) is 40.6. The van der Waals surface area contributed by atoms with Gasteiger partial charge in [0.15, 0.2) is 25.8 Å². The summed E-state index contributed by atoms with van der Waals surface area (Å²) in [6.07, 6.45) is -2.55. The lowest BCUT2D eigenvalue weighted by molar-refractivity contribution is -0.225. The van der Waals surface area contributed by atoms with E-state index in [0.29, 0.717) is 6.61 Å². The Hall–Kier alpha value is 1.28. The normalized spacial score (nSPS) is 36.4. The Morgan fingerprint density at radius 2 is 1.14 bits per heavy atom. The SMILES string of the molecule is CC1(C)O[C@H]2O[C@H]([C@H]3CO[Si]([Si](C)(C)C)([Si](C)(C)C)[Si](C)(C)[Si]([Si](C)(C)C)([Si](C)(C)C)O3)[C@H](O)[C@H]2O1. The molecule has 0 aromatic carbocycles. The lowest BCUT2D eigenvalue weighted by atomic mass is 10.1. The summed E-state index contributed by atoms with van der Waals surface area (Å²) < 4.78 is 34.0.